The van der Waals surface area contributed by atoms with Crippen molar-refractivity contribution in [2.24, 2.45) is 7.05 Å². The van der Waals surface area contributed by atoms with Gasteiger partial charge in [-0.05, 0) is 12.5 Å². The van der Waals surface area contributed by atoms with Gasteiger partial charge in [-0.2, -0.15) is 10.4 Å². The van der Waals surface area contributed by atoms with Crippen molar-refractivity contribution in [2.45, 2.75) is 12.3 Å². The maximum atomic E-state index is 12.5. The number of hydrogen-bond donors (Lipinski definition) is 1. The first kappa shape index (κ1) is 13.2. The van der Waals surface area contributed by atoms with Crippen LogP contribution < -0.4 is 10.1 Å². The van der Waals surface area contributed by atoms with Crippen molar-refractivity contribution >= 4 is 11.7 Å². The van der Waals surface area contributed by atoms with E-state index in [0.29, 0.717) is 24.4 Å². The Morgan fingerprint density at radius 3 is 3.14 bits per heavy atom. The largest absolute Gasteiger partial charge is 0.493 e. The highest BCUT2D eigenvalue weighted by Crippen LogP contribution is 2.34. The molecule has 1 unspecified atom stereocenters. The third-order valence-corrected chi connectivity index (χ3v) is 3.47. The number of aromatic nitrogens is 2. The molecule has 6 nitrogen and oxygen atoms in total. The van der Waals surface area contributed by atoms with Gasteiger partial charge in [0.2, 0.25) is 5.91 Å². The van der Waals surface area contributed by atoms with Crippen LogP contribution in [0.4, 0.5) is 5.82 Å². The monoisotopic (exact) mass is 282 g/mol. The third-order valence-electron chi connectivity index (χ3n) is 3.47. The van der Waals surface area contributed by atoms with Gasteiger partial charge >= 0.3 is 0 Å². The Morgan fingerprint density at radius 1 is 1.52 bits per heavy atom. The molecule has 21 heavy (non-hydrogen) atoms. The van der Waals surface area contributed by atoms with E-state index in [-0.39, 0.29) is 11.8 Å². The number of nitrogens with one attached hydrogen (secondary N) is 1. The zero-order chi connectivity index (χ0) is 14.8. The predicted molar refractivity (Wildman–Crippen MR) is 75.8 cm³/mol. The van der Waals surface area contributed by atoms with Crippen molar-refractivity contribution in [3.63, 3.8) is 0 Å². The summed E-state index contributed by atoms with van der Waals surface area (Å²) in [5.41, 5.74) is 1.22. The van der Waals surface area contributed by atoms with E-state index in [1.54, 1.807) is 13.2 Å². The van der Waals surface area contributed by atoms with Crippen LogP contribution in [0.5, 0.6) is 5.75 Å². The molecule has 0 spiro atoms. The average Bonchev–Trinajstić information content (AvgIpc) is 2.86. The summed E-state index contributed by atoms with van der Waals surface area (Å²) in [5, 5.41) is 15.9. The SMILES string of the molecule is Cn1cc(C#N)c(NC(=O)C2CCOc3ccccc32)n1. The van der Waals surface area contributed by atoms with Gasteiger partial charge in [-0.25, -0.2) is 0 Å². The zero-order valence-corrected chi connectivity index (χ0v) is 11.5. The number of ether oxygens (including phenoxy) is 1. The summed E-state index contributed by atoms with van der Waals surface area (Å²) in [6, 6.07) is 9.53. The van der Waals surface area contributed by atoms with Gasteiger partial charge in [0, 0.05) is 18.8 Å². The van der Waals surface area contributed by atoms with Crippen molar-refractivity contribution in [2.75, 3.05) is 11.9 Å². The molecule has 106 valence electrons. The number of carbonyl (C=O) groups excluding carboxylic acids is 1. The van der Waals surface area contributed by atoms with Gasteiger partial charge in [-0.15, -0.1) is 0 Å². The lowest BCUT2D eigenvalue weighted by Crippen LogP contribution is -2.26. The molecule has 1 amide bonds. The number of amides is 1. The Balaban J connectivity index is 1.85. The molecule has 1 aliphatic rings. The Bertz CT molecular complexity index is 730. The van der Waals surface area contributed by atoms with E-state index in [9.17, 15) is 4.79 Å². The first-order chi connectivity index (χ1) is 10.2. The minimum absolute atomic E-state index is 0.166. The van der Waals surface area contributed by atoms with Crippen LogP contribution >= 0.6 is 0 Å². The second-order valence-electron chi connectivity index (χ2n) is 4.89. The molecule has 1 N–H and O–H groups in total. The molecule has 0 saturated carbocycles. The van der Waals surface area contributed by atoms with E-state index in [0.717, 1.165) is 11.3 Å². The second kappa shape index (κ2) is 5.29. The lowest BCUT2D eigenvalue weighted by molar-refractivity contribution is -0.118. The van der Waals surface area contributed by atoms with E-state index in [1.165, 1.54) is 4.68 Å². The molecule has 1 aromatic heterocycles. The number of nitrogens with zero attached hydrogens (tertiary/aromatic N) is 3. The fraction of sp³-hybridized carbons (Fsp3) is 0.267. The van der Waals surface area contributed by atoms with E-state index >= 15 is 0 Å². The van der Waals surface area contributed by atoms with Crippen molar-refractivity contribution in [3.05, 3.63) is 41.6 Å². The van der Waals surface area contributed by atoms with Gasteiger partial charge in [0.25, 0.3) is 0 Å². The highest BCUT2D eigenvalue weighted by Gasteiger charge is 2.28. The van der Waals surface area contributed by atoms with Gasteiger partial charge in [-0.1, -0.05) is 18.2 Å². The maximum Gasteiger partial charge on any atom is 0.233 e. The van der Waals surface area contributed by atoms with Crippen LogP contribution in [0.15, 0.2) is 30.5 Å². The van der Waals surface area contributed by atoms with Crippen molar-refractivity contribution in [3.8, 4) is 11.8 Å². The van der Waals surface area contributed by atoms with E-state index < -0.39 is 0 Å². The van der Waals surface area contributed by atoms with Crippen LogP contribution in [0.1, 0.15) is 23.5 Å². The van der Waals surface area contributed by atoms with Crippen LogP contribution in [0.2, 0.25) is 0 Å². The molecular weight excluding hydrogens is 268 g/mol. The van der Waals surface area contributed by atoms with Crippen LogP contribution in [0.25, 0.3) is 0 Å². The quantitative estimate of drug-likeness (QED) is 0.910. The summed E-state index contributed by atoms with van der Waals surface area (Å²) in [7, 11) is 1.71. The molecule has 0 bridgehead atoms. The highest BCUT2D eigenvalue weighted by molar-refractivity contribution is 5.96. The first-order valence-electron chi connectivity index (χ1n) is 6.65. The molecule has 2 aromatic rings. The van der Waals surface area contributed by atoms with Gasteiger partial charge in [0.05, 0.1) is 12.5 Å². The lowest BCUT2D eigenvalue weighted by atomic mass is 9.92. The average molecular weight is 282 g/mol. The van der Waals surface area contributed by atoms with Gasteiger partial charge < -0.3 is 10.1 Å². The lowest BCUT2D eigenvalue weighted by Gasteiger charge is -2.24. The fourth-order valence-electron chi connectivity index (χ4n) is 2.48. The molecule has 6 heteroatoms. The predicted octanol–water partition coefficient (Wildman–Crippen LogP) is 1.80. The fourth-order valence-corrected chi connectivity index (χ4v) is 2.48. The van der Waals surface area contributed by atoms with Crippen LogP contribution in [0, 0.1) is 11.3 Å². The summed E-state index contributed by atoms with van der Waals surface area (Å²) in [6.07, 6.45) is 2.19. The second-order valence-corrected chi connectivity index (χ2v) is 4.89. The minimum Gasteiger partial charge on any atom is -0.493 e. The summed E-state index contributed by atoms with van der Waals surface area (Å²) < 4.78 is 7.06. The van der Waals surface area contributed by atoms with Crippen LogP contribution in [0.3, 0.4) is 0 Å². The van der Waals surface area contributed by atoms with Crippen molar-refractivity contribution in [1.29, 1.82) is 5.26 Å². The Hall–Kier alpha value is -2.81. The molecule has 0 saturated heterocycles. The van der Waals surface area contributed by atoms with Crippen LogP contribution in [-0.4, -0.2) is 22.3 Å². The number of fused-ring (bicyclic) bond motifs is 1. The van der Waals surface area contributed by atoms with Crippen LogP contribution in [-0.2, 0) is 11.8 Å². The third kappa shape index (κ3) is 2.46. The summed E-state index contributed by atoms with van der Waals surface area (Å²) >= 11 is 0. The standard InChI is InChI=1S/C15H14N4O2/c1-19-9-10(8-16)14(18-19)17-15(20)12-6-7-21-13-5-3-2-4-11(12)13/h2-5,9,12H,6-7H2,1H3,(H,17,18,20). The van der Waals surface area contributed by atoms with Crippen molar-refractivity contribution < 1.29 is 9.53 Å². The zero-order valence-electron chi connectivity index (χ0n) is 11.5. The Labute approximate surface area is 121 Å². The molecule has 0 aliphatic carbocycles. The summed E-state index contributed by atoms with van der Waals surface area (Å²) in [6.45, 7) is 0.502. The topological polar surface area (TPSA) is 79.9 Å². The number of para-hydroxylation sites is 1. The number of hydrogen-bond acceptors (Lipinski definition) is 4. The molecule has 0 radical (unpaired) electrons. The number of carbonyl (C=O) groups is 1. The summed E-state index contributed by atoms with van der Waals surface area (Å²) in [5.74, 6) is 0.587. The van der Waals surface area contributed by atoms with E-state index in [2.05, 4.69) is 10.4 Å². The molecule has 0 fully saturated rings. The molecule has 2 heterocycles. The molecule has 3 rings (SSSR count). The molecule has 1 aliphatic heterocycles. The number of nitriles is 1. The number of anilines is 1. The number of rotatable bonds is 2. The number of aryl methyl sites for hydroxylation is 1. The summed E-state index contributed by atoms with van der Waals surface area (Å²) in [4.78, 5) is 12.5. The Kier molecular flexibility index (Phi) is 3.32. The number of benzene rings is 1. The highest BCUT2D eigenvalue weighted by atomic mass is 16.5. The molecule has 1 atom stereocenters. The van der Waals surface area contributed by atoms with E-state index in [4.69, 9.17) is 10.00 Å². The smallest absolute Gasteiger partial charge is 0.233 e. The molecule has 1 aromatic carbocycles. The van der Waals surface area contributed by atoms with Gasteiger partial charge in [0.1, 0.15) is 17.4 Å². The molecular formula is C15H14N4O2. The van der Waals surface area contributed by atoms with Gasteiger partial charge in [0.15, 0.2) is 5.82 Å². The first-order valence-corrected chi connectivity index (χ1v) is 6.65. The van der Waals surface area contributed by atoms with E-state index in [1.807, 2.05) is 30.3 Å². The Morgan fingerprint density at radius 2 is 2.33 bits per heavy atom. The van der Waals surface area contributed by atoms with Crippen molar-refractivity contribution in [1.82, 2.24) is 9.78 Å². The van der Waals surface area contributed by atoms with Gasteiger partial charge in [-0.3, -0.25) is 9.48 Å². The normalized spacial score (nSPS) is 16.5. The maximum absolute atomic E-state index is 12.5. The minimum atomic E-state index is -0.288.